The van der Waals surface area contributed by atoms with Crippen LogP contribution >= 0.6 is 0 Å². The van der Waals surface area contributed by atoms with Crippen LogP contribution in [-0.2, 0) is 16.1 Å². The van der Waals surface area contributed by atoms with Crippen molar-refractivity contribution >= 4 is 11.9 Å². The van der Waals surface area contributed by atoms with Crippen molar-refractivity contribution in [1.29, 1.82) is 0 Å². The van der Waals surface area contributed by atoms with Gasteiger partial charge in [0.25, 0.3) is 0 Å². The quantitative estimate of drug-likeness (QED) is 0.792. The maximum Gasteiger partial charge on any atom is 0.308 e. The SMILES string of the molecule is CCCCC(=O)N(Cc1ccccn1)CC(C)C(=O)O. The lowest BCUT2D eigenvalue weighted by Gasteiger charge is -2.24. The Labute approximate surface area is 119 Å². The highest BCUT2D eigenvalue weighted by Gasteiger charge is 2.20. The van der Waals surface area contributed by atoms with Crippen LogP contribution in [0.5, 0.6) is 0 Å². The smallest absolute Gasteiger partial charge is 0.308 e. The van der Waals surface area contributed by atoms with Crippen molar-refractivity contribution in [3.05, 3.63) is 30.1 Å². The molecule has 0 saturated carbocycles. The molecule has 110 valence electrons. The summed E-state index contributed by atoms with van der Waals surface area (Å²) in [7, 11) is 0. The lowest BCUT2D eigenvalue weighted by Crippen LogP contribution is -2.36. The van der Waals surface area contributed by atoms with Gasteiger partial charge in [0, 0.05) is 19.2 Å². The molecule has 0 spiro atoms. The molecule has 20 heavy (non-hydrogen) atoms. The summed E-state index contributed by atoms with van der Waals surface area (Å²) in [5.74, 6) is -1.48. The van der Waals surface area contributed by atoms with E-state index in [4.69, 9.17) is 5.11 Å². The van der Waals surface area contributed by atoms with Gasteiger partial charge in [0.15, 0.2) is 0 Å². The van der Waals surface area contributed by atoms with Crippen molar-refractivity contribution in [3.8, 4) is 0 Å². The summed E-state index contributed by atoms with van der Waals surface area (Å²) in [5.41, 5.74) is 0.773. The number of unbranched alkanes of at least 4 members (excludes halogenated alkanes) is 1. The number of hydrogen-bond acceptors (Lipinski definition) is 3. The predicted octanol–water partition coefficient (Wildman–Crippen LogP) is 2.32. The number of carboxylic acid groups (broad SMARTS) is 1. The molecule has 0 radical (unpaired) electrons. The molecule has 5 heteroatoms. The summed E-state index contributed by atoms with van der Waals surface area (Å²) in [6.07, 6.45) is 3.89. The molecule has 1 amide bonds. The Morgan fingerprint density at radius 3 is 2.70 bits per heavy atom. The van der Waals surface area contributed by atoms with Gasteiger partial charge in [-0.2, -0.15) is 0 Å². The molecule has 0 saturated heterocycles. The third kappa shape index (κ3) is 5.38. The minimum atomic E-state index is -0.890. The Hall–Kier alpha value is -1.91. The van der Waals surface area contributed by atoms with Crippen LogP contribution in [0.1, 0.15) is 38.8 Å². The van der Waals surface area contributed by atoms with Crippen molar-refractivity contribution in [2.45, 2.75) is 39.7 Å². The van der Waals surface area contributed by atoms with E-state index < -0.39 is 11.9 Å². The minimum Gasteiger partial charge on any atom is -0.481 e. The Morgan fingerprint density at radius 1 is 1.40 bits per heavy atom. The average Bonchev–Trinajstić information content (AvgIpc) is 2.44. The van der Waals surface area contributed by atoms with Gasteiger partial charge in [-0.3, -0.25) is 14.6 Å². The van der Waals surface area contributed by atoms with E-state index in [-0.39, 0.29) is 12.5 Å². The molecule has 1 N–H and O–H groups in total. The second-order valence-electron chi connectivity index (χ2n) is 4.94. The molecule has 0 aliphatic heterocycles. The van der Waals surface area contributed by atoms with Crippen LogP contribution in [0.25, 0.3) is 0 Å². The first kappa shape index (κ1) is 16.1. The first-order chi connectivity index (χ1) is 9.54. The number of carbonyl (C=O) groups excluding carboxylic acids is 1. The van der Waals surface area contributed by atoms with Gasteiger partial charge >= 0.3 is 5.97 Å². The van der Waals surface area contributed by atoms with Crippen molar-refractivity contribution in [1.82, 2.24) is 9.88 Å². The number of carboxylic acids is 1. The molecular formula is C15H22N2O3. The maximum absolute atomic E-state index is 12.2. The van der Waals surface area contributed by atoms with E-state index in [1.807, 2.05) is 25.1 Å². The van der Waals surface area contributed by atoms with Crippen molar-refractivity contribution < 1.29 is 14.7 Å². The number of aromatic nitrogens is 1. The van der Waals surface area contributed by atoms with Gasteiger partial charge in [-0.1, -0.05) is 26.3 Å². The Kier molecular flexibility index (Phi) is 6.70. The van der Waals surface area contributed by atoms with E-state index in [9.17, 15) is 9.59 Å². The summed E-state index contributed by atoms with van der Waals surface area (Å²) < 4.78 is 0. The molecule has 0 aliphatic rings. The first-order valence-corrected chi connectivity index (χ1v) is 6.95. The number of nitrogens with zero attached hydrogens (tertiary/aromatic N) is 2. The zero-order valence-corrected chi connectivity index (χ0v) is 12.1. The third-order valence-corrected chi connectivity index (χ3v) is 3.09. The summed E-state index contributed by atoms with van der Waals surface area (Å²) in [6, 6.07) is 5.51. The standard InChI is InChI=1S/C15H22N2O3/c1-3-4-8-14(18)17(10-12(2)15(19)20)11-13-7-5-6-9-16-13/h5-7,9,12H,3-4,8,10-11H2,1-2H3,(H,19,20). The highest BCUT2D eigenvalue weighted by molar-refractivity contribution is 5.77. The van der Waals surface area contributed by atoms with Gasteiger partial charge in [-0.15, -0.1) is 0 Å². The van der Waals surface area contributed by atoms with Gasteiger partial charge in [-0.05, 0) is 18.6 Å². The van der Waals surface area contributed by atoms with Crippen LogP contribution in [0.2, 0.25) is 0 Å². The molecule has 1 heterocycles. The Morgan fingerprint density at radius 2 is 2.15 bits per heavy atom. The van der Waals surface area contributed by atoms with Crippen LogP contribution in [0.15, 0.2) is 24.4 Å². The highest BCUT2D eigenvalue weighted by atomic mass is 16.4. The molecular weight excluding hydrogens is 256 g/mol. The molecule has 1 aromatic heterocycles. The van der Waals surface area contributed by atoms with Crippen LogP contribution in [0, 0.1) is 5.92 Å². The summed E-state index contributed by atoms with van der Waals surface area (Å²) in [6.45, 7) is 4.21. The minimum absolute atomic E-state index is 0.00870. The lowest BCUT2D eigenvalue weighted by atomic mass is 10.1. The van der Waals surface area contributed by atoms with Crippen molar-refractivity contribution in [2.75, 3.05) is 6.54 Å². The second kappa shape index (κ2) is 8.30. The molecule has 0 aromatic carbocycles. The third-order valence-electron chi connectivity index (χ3n) is 3.09. The fourth-order valence-electron chi connectivity index (χ4n) is 1.84. The molecule has 1 unspecified atom stereocenters. The number of hydrogen-bond donors (Lipinski definition) is 1. The topological polar surface area (TPSA) is 70.5 Å². The van der Waals surface area contributed by atoms with E-state index in [1.54, 1.807) is 18.0 Å². The van der Waals surface area contributed by atoms with E-state index in [2.05, 4.69) is 4.98 Å². The fourth-order valence-corrected chi connectivity index (χ4v) is 1.84. The van der Waals surface area contributed by atoms with E-state index in [1.165, 1.54) is 0 Å². The maximum atomic E-state index is 12.2. The van der Waals surface area contributed by atoms with Crippen molar-refractivity contribution in [2.24, 2.45) is 5.92 Å². The Bertz CT molecular complexity index is 434. The molecule has 0 fully saturated rings. The van der Waals surface area contributed by atoms with Gasteiger partial charge in [0.1, 0.15) is 0 Å². The highest BCUT2D eigenvalue weighted by Crippen LogP contribution is 2.09. The molecule has 0 bridgehead atoms. The molecule has 1 atom stereocenters. The normalized spacial score (nSPS) is 11.9. The van der Waals surface area contributed by atoms with Gasteiger partial charge < -0.3 is 10.0 Å². The number of carbonyl (C=O) groups is 2. The van der Waals surface area contributed by atoms with Crippen LogP contribution in [0.4, 0.5) is 0 Å². The number of pyridine rings is 1. The second-order valence-corrected chi connectivity index (χ2v) is 4.94. The fraction of sp³-hybridized carbons (Fsp3) is 0.533. The molecule has 1 rings (SSSR count). The van der Waals surface area contributed by atoms with E-state index in [0.29, 0.717) is 13.0 Å². The average molecular weight is 278 g/mol. The zero-order chi connectivity index (χ0) is 15.0. The summed E-state index contributed by atoms with van der Waals surface area (Å²) in [4.78, 5) is 28.9. The van der Waals surface area contributed by atoms with Crippen LogP contribution < -0.4 is 0 Å². The van der Waals surface area contributed by atoms with Crippen LogP contribution in [-0.4, -0.2) is 33.4 Å². The van der Waals surface area contributed by atoms with Gasteiger partial charge in [0.05, 0.1) is 18.2 Å². The lowest BCUT2D eigenvalue weighted by molar-refractivity contribution is -0.143. The van der Waals surface area contributed by atoms with E-state index in [0.717, 1.165) is 18.5 Å². The molecule has 5 nitrogen and oxygen atoms in total. The Balaban J connectivity index is 2.73. The monoisotopic (exact) mass is 278 g/mol. The first-order valence-electron chi connectivity index (χ1n) is 6.95. The number of rotatable bonds is 8. The van der Waals surface area contributed by atoms with Gasteiger partial charge in [0.2, 0.25) is 5.91 Å². The van der Waals surface area contributed by atoms with Gasteiger partial charge in [-0.25, -0.2) is 0 Å². The summed E-state index contributed by atoms with van der Waals surface area (Å²) in [5, 5.41) is 9.00. The summed E-state index contributed by atoms with van der Waals surface area (Å²) >= 11 is 0. The van der Waals surface area contributed by atoms with E-state index >= 15 is 0 Å². The van der Waals surface area contributed by atoms with Crippen LogP contribution in [0.3, 0.4) is 0 Å². The largest absolute Gasteiger partial charge is 0.481 e. The number of amides is 1. The zero-order valence-electron chi connectivity index (χ0n) is 12.1. The predicted molar refractivity (Wildman–Crippen MR) is 76.0 cm³/mol. The molecule has 1 aromatic rings. The number of aliphatic carboxylic acids is 1. The molecule has 0 aliphatic carbocycles. The van der Waals surface area contributed by atoms with Crippen molar-refractivity contribution in [3.63, 3.8) is 0 Å².